The van der Waals surface area contributed by atoms with Crippen molar-refractivity contribution in [2.24, 2.45) is 0 Å². The summed E-state index contributed by atoms with van der Waals surface area (Å²) in [4.78, 5) is 0. The van der Waals surface area contributed by atoms with E-state index in [0.717, 1.165) is 15.9 Å². The average Bonchev–Trinajstić information content (AvgIpc) is 2.69. The Balaban J connectivity index is 1.89. The van der Waals surface area contributed by atoms with Crippen LogP contribution in [0, 0.1) is 0 Å². The van der Waals surface area contributed by atoms with Crippen molar-refractivity contribution in [3.05, 3.63) is 47.8 Å². The molecule has 2 N–H and O–H groups in total. The first-order chi connectivity index (χ1) is 6.86. The van der Waals surface area contributed by atoms with Crippen LogP contribution in [0.1, 0.15) is 5.76 Å². The molecule has 1 aromatic rings. The molecule has 0 fully saturated rings. The van der Waals surface area contributed by atoms with Gasteiger partial charge in [-0.05, 0) is 12.1 Å². The third kappa shape index (κ3) is 2.12. The van der Waals surface area contributed by atoms with Crippen LogP contribution >= 0.6 is 11.8 Å². The second-order valence-corrected chi connectivity index (χ2v) is 3.67. The van der Waals surface area contributed by atoms with E-state index in [1.165, 1.54) is 11.8 Å². The minimum atomic E-state index is 0.700. The van der Waals surface area contributed by atoms with Gasteiger partial charge in [-0.25, -0.2) is 5.06 Å². The highest BCUT2D eigenvalue weighted by Gasteiger charge is 2.08. The lowest BCUT2D eigenvalue weighted by molar-refractivity contribution is 0.00411. The number of thioether (sulfide) groups is 1. The summed E-state index contributed by atoms with van der Waals surface area (Å²) in [7, 11) is 0. The summed E-state index contributed by atoms with van der Waals surface area (Å²) in [5.74, 6) is 1.59. The Kier molecular flexibility index (Phi) is 2.81. The molecule has 74 valence electrons. The van der Waals surface area contributed by atoms with Gasteiger partial charge in [0.1, 0.15) is 10.8 Å². The third-order valence-corrected chi connectivity index (χ3v) is 2.72. The van der Waals surface area contributed by atoms with E-state index in [9.17, 15) is 5.21 Å². The van der Waals surface area contributed by atoms with Crippen LogP contribution in [-0.2, 0) is 5.75 Å². The number of rotatable bonds is 3. The molecule has 14 heavy (non-hydrogen) atoms. The Morgan fingerprint density at radius 2 is 2.50 bits per heavy atom. The van der Waals surface area contributed by atoms with Crippen LogP contribution in [0.2, 0.25) is 0 Å². The Labute approximate surface area is 85.8 Å². The van der Waals surface area contributed by atoms with Gasteiger partial charge in [0.25, 0.3) is 0 Å². The van der Waals surface area contributed by atoms with Crippen molar-refractivity contribution >= 4 is 11.8 Å². The molecular weight excluding hydrogens is 200 g/mol. The predicted molar refractivity (Wildman–Crippen MR) is 54.0 cm³/mol. The summed E-state index contributed by atoms with van der Waals surface area (Å²) in [5.41, 5.74) is 0. The smallest absolute Gasteiger partial charge is 0.118 e. The molecule has 5 heteroatoms. The van der Waals surface area contributed by atoms with E-state index in [-0.39, 0.29) is 0 Å². The van der Waals surface area contributed by atoms with Crippen LogP contribution in [0.3, 0.4) is 0 Å². The fraction of sp³-hybridized carbons (Fsp3) is 0.111. The minimum absolute atomic E-state index is 0.700. The molecule has 0 aromatic carbocycles. The normalized spacial score (nSPS) is 15.2. The molecule has 0 saturated heterocycles. The second-order valence-electron chi connectivity index (χ2n) is 2.68. The molecule has 0 unspecified atom stereocenters. The third-order valence-electron chi connectivity index (χ3n) is 1.69. The Morgan fingerprint density at radius 3 is 3.21 bits per heavy atom. The van der Waals surface area contributed by atoms with E-state index in [1.54, 1.807) is 24.9 Å². The van der Waals surface area contributed by atoms with Gasteiger partial charge in [-0.3, -0.25) is 5.21 Å². The van der Waals surface area contributed by atoms with Crippen LogP contribution in [0.15, 0.2) is 46.4 Å². The van der Waals surface area contributed by atoms with Crippen molar-refractivity contribution in [2.75, 3.05) is 0 Å². The first-order valence-corrected chi connectivity index (χ1v) is 5.11. The van der Waals surface area contributed by atoms with E-state index < -0.39 is 0 Å². The molecule has 0 saturated carbocycles. The monoisotopic (exact) mass is 210 g/mol. The van der Waals surface area contributed by atoms with Crippen molar-refractivity contribution in [1.82, 2.24) is 10.4 Å². The Hall–Kier alpha value is -1.33. The van der Waals surface area contributed by atoms with Gasteiger partial charge in [0.05, 0.1) is 12.0 Å². The predicted octanol–water partition coefficient (Wildman–Crippen LogP) is 2.08. The molecule has 0 bridgehead atoms. The van der Waals surface area contributed by atoms with Gasteiger partial charge in [0.15, 0.2) is 0 Å². The molecule has 0 radical (unpaired) electrons. The van der Waals surface area contributed by atoms with E-state index in [2.05, 4.69) is 5.32 Å². The van der Waals surface area contributed by atoms with Crippen molar-refractivity contribution in [3.63, 3.8) is 0 Å². The van der Waals surface area contributed by atoms with E-state index in [0.29, 0.717) is 5.75 Å². The summed E-state index contributed by atoms with van der Waals surface area (Å²) in [6.07, 6.45) is 6.56. The second kappa shape index (κ2) is 4.26. The molecule has 2 heterocycles. The first kappa shape index (κ1) is 9.23. The number of nitrogens with zero attached hydrogens (tertiary/aromatic N) is 1. The fourth-order valence-corrected chi connectivity index (χ4v) is 1.82. The topological polar surface area (TPSA) is 48.6 Å². The average molecular weight is 210 g/mol. The molecular formula is C9H10N2O2S. The molecule has 0 aliphatic carbocycles. The number of hydrogen-bond acceptors (Lipinski definition) is 5. The standard InChI is InChI=1S/C9H10N2O2S/c12-11-4-3-10-6-9(11)14-7-8-2-1-5-13-8/h1-6,10,12H,7H2. The largest absolute Gasteiger partial charge is 0.468 e. The van der Waals surface area contributed by atoms with Gasteiger partial charge in [0.2, 0.25) is 0 Å². The number of nitrogens with one attached hydrogen (secondary N) is 1. The maximum absolute atomic E-state index is 9.38. The highest BCUT2D eigenvalue weighted by atomic mass is 32.2. The molecule has 1 aromatic heterocycles. The van der Waals surface area contributed by atoms with Crippen LogP contribution < -0.4 is 5.32 Å². The van der Waals surface area contributed by atoms with Gasteiger partial charge < -0.3 is 9.73 Å². The highest BCUT2D eigenvalue weighted by molar-refractivity contribution is 8.02. The molecule has 0 spiro atoms. The summed E-state index contributed by atoms with van der Waals surface area (Å²) < 4.78 is 5.17. The maximum atomic E-state index is 9.38. The summed E-state index contributed by atoms with van der Waals surface area (Å²) in [6, 6.07) is 3.75. The van der Waals surface area contributed by atoms with Crippen LogP contribution in [-0.4, -0.2) is 10.3 Å². The summed E-state index contributed by atoms with van der Waals surface area (Å²) in [6.45, 7) is 0. The molecule has 4 nitrogen and oxygen atoms in total. The highest BCUT2D eigenvalue weighted by Crippen LogP contribution is 2.24. The van der Waals surface area contributed by atoms with Gasteiger partial charge in [0, 0.05) is 18.6 Å². The lowest BCUT2D eigenvalue weighted by Gasteiger charge is -2.18. The molecule has 1 aliphatic rings. The number of furan rings is 1. The number of hydrogen-bond donors (Lipinski definition) is 2. The van der Waals surface area contributed by atoms with Crippen molar-refractivity contribution in [2.45, 2.75) is 5.75 Å². The maximum Gasteiger partial charge on any atom is 0.118 e. The molecule has 0 atom stereocenters. The lowest BCUT2D eigenvalue weighted by atomic mass is 10.5. The van der Waals surface area contributed by atoms with E-state index >= 15 is 0 Å². The lowest BCUT2D eigenvalue weighted by Crippen LogP contribution is -2.16. The zero-order valence-corrected chi connectivity index (χ0v) is 8.20. The summed E-state index contributed by atoms with van der Waals surface area (Å²) >= 11 is 1.49. The zero-order valence-electron chi connectivity index (χ0n) is 7.38. The minimum Gasteiger partial charge on any atom is -0.468 e. The SMILES string of the molecule is ON1C=CNC=C1SCc1ccco1. The molecule has 2 rings (SSSR count). The molecule has 0 amide bonds. The zero-order chi connectivity index (χ0) is 9.80. The van der Waals surface area contributed by atoms with Crippen molar-refractivity contribution in [3.8, 4) is 0 Å². The number of hydroxylamine groups is 2. The van der Waals surface area contributed by atoms with Crippen molar-refractivity contribution in [1.29, 1.82) is 0 Å². The quantitative estimate of drug-likeness (QED) is 0.799. The van der Waals surface area contributed by atoms with Crippen LogP contribution in [0.4, 0.5) is 0 Å². The van der Waals surface area contributed by atoms with Crippen LogP contribution in [0.5, 0.6) is 0 Å². The van der Waals surface area contributed by atoms with Crippen LogP contribution in [0.25, 0.3) is 0 Å². The Bertz CT molecular complexity index is 346. The first-order valence-electron chi connectivity index (χ1n) is 4.12. The van der Waals surface area contributed by atoms with Gasteiger partial charge in [-0.15, -0.1) is 0 Å². The van der Waals surface area contributed by atoms with E-state index in [1.807, 2.05) is 12.1 Å². The van der Waals surface area contributed by atoms with Gasteiger partial charge in [-0.2, -0.15) is 0 Å². The summed E-state index contributed by atoms with van der Waals surface area (Å²) in [5, 5.41) is 14.1. The van der Waals surface area contributed by atoms with E-state index in [4.69, 9.17) is 4.42 Å². The molecule has 1 aliphatic heterocycles. The van der Waals surface area contributed by atoms with Crippen molar-refractivity contribution < 1.29 is 9.62 Å². The fourth-order valence-electron chi connectivity index (χ4n) is 1.02. The van der Waals surface area contributed by atoms with Gasteiger partial charge >= 0.3 is 0 Å². The van der Waals surface area contributed by atoms with Gasteiger partial charge in [-0.1, -0.05) is 11.8 Å². The Morgan fingerprint density at radius 1 is 1.57 bits per heavy atom.